The van der Waals surface area contributed by atoms with Crippen molar-refractivity contribution in [3.8, 4) is 45.5 Å². The molecule has 6 nitrogen and oxygen atoms in total. The normalized spacial score (nSPS) is 10.7. The highest BCUT2D eigenvalue weighted by molar-refractivity contribution is 5.83. The topological polar surface area (TPSA) is 62.7 Å². The minimum atomic E-state index is 0.625. The maximum Gasteiger partial charge on any atom is 0.160 e. The zero-order chi connectivity index (χ0) is 21.1. The lowest BCUT2D eigenvalue weighted by molar-refractivity contribution is 0.404. The summed E-state index contributed by atoms with van der Waals surface area (Å²) in [5.74, 6) is 2.90. The second-order valence-corrected chi connectivity index (χ2v) is 6.57. The maximum atomic E-state index is 5.51. The van der Waals surface area contributed by atoms with Gasteiger partial charge in [0.1, 0.15) is 23.0 Å². The third-order valence-corrected chi connectivity index (χ3v) is 4.92. The first kappa shape index (κ1) is 19.5. The van der Waals surface area contributed by atoms with E-state index in [2.05, 4.69) is 0 Å². The van der Waals surface area contributed by atoms with Gasteiger partial charge in [-0.3, -0.25) is 0 Å². The van der Waals surface area contributed by atoms with Crippen LogP contribution in [0.15, 0.2) is 60.7 Å². The number of benzene rings is 2. The van der Waals surface area contributed by atoms with Gasteiger partial charge in [0.15, 0.2) is 5.65 Å². The number of hydrogen-bond acceptors (Lipinski definition) is 6. The van der Waals surface area contributed by atoms with Crippen LogP contribution in [-0.4, -0.2) is 38.4 Å². The zero-order valence-corrected chi connectivity index (χ0v) is 17.3. The number of fused-ring (bicyclic) bond motifs is 1. The second kappa shape index (κ2) is 8.29. The number of methoxy groups -OCH3 is 4. The van der Waals surface area contributed by atoms with E-state index in [1.54, 1.807) is 28.4 Å². The number of aromatic nitrogens is 2. The van der Waals surface area contributed by atoms with Gasteiger partial charge in [-0.25, -0.2) is 9.97 Å². The van der Waals surface area contributed by atoms with E-state index in [1.165, 1.54) is 0 Å². The minimum Gasteiger partial charge on any atom is -0.497 e. The highest BCUT2D eigenvalue weighted by Crippen LogP contribution is 2.35. The Labute approximate surface area is 175 Å². The van der Waals surface area contributed by atoms with Gasteiger partial charge in [-0.1, -0.05) is 0 Å². The molecule has 0 bridgehead atoms. The summed E-state index contributed by atoms with van der Waals surface area (Å²) >= 11 is 0. The van der Waals surface area contributed by atoms with Gasteiger partial charge in [-0.15, -0.1) is 0 Å². The molecule has 4 aromatic rings. The monoisotopic (exact) mass is 402 g/mol. The molecule has 0 radical (unpaired) electrons. The number of rotatable bonds is 6. The Morgan fingerprint density at radius 2 is 1.00 bits per heavy atom. The molecule has 0 aliphatic carbocycles. The van der Waals surface area contributed by atoms with E-state index in [1.807, 2.05) is 60.7 Å². The number of hydrogen-bond donors (Lipinski definition) is 0. The Morgan fingerprint density at radius 3 is 1.40 bits per heavy atom. The quantitative estimate of drug-likeness (QED) is 0.452. The van der Waals surface area contributed by atoms with Crippen LogP contribution in [0.3, 0.4) is 0 Å². The van der Waals surface area contributed by atoms with Crippen molar-refractivity contribution < 1.29 is 18.9 Å². The van der Waals surface area contributed by atoms with Crippen LogP contribution in [0.1, 0.15) is 0 Å². The summed E-state index contributed by atoms with van der Waals surface area (Å²) in [6.07, 6.45) is 0. The molecule has 152 valence electrons. The Bertz CT molecular complexity index is 1120. The maximum absolute atomic E-state index is 5.51. The Kier molecular flexibility index (Phi) is 5.39. The van der Waals surface area contributed by atoms with Gasteiger partial charge in [0.05, 0.1) is 39.8 Å². The summed E-state index contributed by atoms with van der Waals surface area (Å²) in [5.41, 5.74) is 3.80. The molecule has 2 aromatic carbocycles. The van der Waals surface area contributed by atoms with Crippen molar-refractivity contribution >= 4 is 11.0 Å². The van der Waals surface area contributed by atoms with E-state index in [4.69, 9.17) is 28.9 Å². The molecule has 0 unspecified atom stereocenters. The molecule has 0 aliphatic rings. The average Bonchev–Trinajstić information content (AvgIpc) is 2.82. The lowest BCUT2D eigenvalue weighted by Gasteiger charge is -2.12. The average molecular weight is 402 g/mol. The smallest absolute Gasteiger partial charge is 0.160 e. The molecule has 0 N–H and O–H groups in total. The molecular formula is C24H22N2O4. The molecule has 0 saturated carbocycles. The van der Waals surface area contributed by atoms with Crippen LogP contribution in [0.2, 0.25) is 0 Å². The molecule has 0 amide bonds. The van der Waals surface area contributed by atoms with Gasteiger partial charge in [0.25, 0.3) is 0 Å². The van der Waals surface area contributed by atoms with E-state index in [9.17, 15) is 0 Å². The van der Waals surface area contributed by atoms with Crippen LogP contribution in [0, 0.1) is 0 Å². The molecule has 4 rings (SSSR count). The van der Waals surface area contributed by atoms with E-state index in [0.717, 1.165) is 39.4 Å². The summed E-state index contributed by atoms with van der Waals surface area (Å²) in [6, 6.07) is 19.1. The lowest BCUT2D eigenvalue weighted by atomic mass is 10.1. The fourth-order valence-corrected chi connectivity index (χ4v) is 3.33. The van der Waals surface area contributed by atoms with Gasteiger partial charge in [-0.05, 0) is 60.7 Å². The van der Waals surface area contributed by atoms with Crippen molar-refractivity contribution in [3.63, 3.8) is 0 Å². The number of pyridine rings is 2. The molecule has 2 heterocycles. The fourth-order valence-electron chi connectivity index (χ4n) is 3.33. The minimum absolute atomic E-state index is 0.625. The van der Waals surface area contributed by atoms with Crippen LogP contribution in [0.4, 0.5) is 0 Å². The van der Waals surface area contributed by atoms with Crippen LogP contribution >= 0.6 is 0 Å². The van der Waals surface area contributed by atoms with Crippen molar-refractivity contribution in [2.24, 2.45) is 0 Å². The van der Waals surface area contributed by atoms with Crippen molar-refractivity contribution in [3.05, 3.63) is 60.7 Å². The third-order valence-electron chi connectivity index (χ3n) is 4.92. The molecule has 0 spiro atoms. The summed E-state index contributed by atoms with van der Waals surface area (Å²) in [4.78, 5) is 9.59. The first-order chi connectivity index (χ1) is 14.7. The van der Waals surface area contributed by atoms with Crippen molar-refractivity contribution in [1.82, 2.24) is 9.97 Å². The zero-order valence-electron chi connectivity index (χ0n) is 17.3. The van der Waals surface area contributed by atoms with Crippen molar-refractivity contribution in [2.45, 2.75) is 0 Å². The van der Waals surface area contributed by atoms with Gasteiger partial charge >= 0.3 is 0 Å². The first-order valence-corrected chi connectivity index (χ1v) is 9.39. The van der Waals surface area contributed by atoms with E-state index >= 15 is 0 Å². The predicted octanol–water partition coefficient (Wildman–Crippen LogP) is 5.00. The number of nitrogens with zero attached hydrogens (tertiary/aromatic N) is 2. The standard InChI is InChI=1S/C24H22N2O4/c1-27-16-7-11-22(29-3)18(13-16)20-9-5-15-6-10-21(26-24(15)25-20)19-14-17(28-2)8-12-23(19)30-4/h5-14H,1-4H3. The third kappa shape index (κ3) is 3.59. The molecule has 0 saturated heterocycles. The largest absolute Gasteiger partial charge is 0.497 e. The Hall–Kier alpha value is -3.80. The van der Waals surface area contributed by atoms with Crippen molar-refractivity contribution in [1.29, 1.82) is 0 Å². The highest BCUT2D eigenvalue weighted by Gasteiger charge is 2.13. The molecule has 30 heavy (non-hydrogen) atoms. The SMILES string of the molecule is COc1ccc(OC)c(-c2ccc3ccc(-c4cc(OC)ccc4OC)nc3n2)c1. The predicted molar refractivity (Wildman–Crippen MR) is 117 cm³/mol. The van der Waals surface area contributed by atoms with Gasteiger partial charge in [-0.2, -0.15) is 0 Å². The van der Waals surface area contributed by atoms with Gasteiger partial charge in [0, 0.05) is 16.5 Å². The van der Waals surface area contributed by atoms with E-state index in [0.29, 0.717) is 17.1 Å². The lowest BCUT2D eigenvalue weighted by Crippen LogP contribution is -1.95. The van der Waals surface area contributed by atoms with Crippen LogP contribution in [0.5, 0.6) is 23.0 Å². The van der Waals surface area contributed by atoms with Crippen LogP contribution < -0.4 is 18.9 Å². The Balaban J connectivity index is 1.85. The van der Waals surface area contributed by atoms with E-state index in [-0.39, 0.29) is 0 Å². The van der Waals surface area contributed by atoms with Crippen molar-refractivity contribution in [2.75, 3.05) is 28.4 Å². The number of ether oxygens (including phenoxy) is 4. The van der Waals surface area contributed by atoms with Gasteiger partial charge in [0.2, 0.25) is 0 Å². The summed E-state index contributed by atoms with van der Waals surface area (Å²) in [5, 5.41) is 0.936. The summed E-state index contributed by atoms with van der Waals surface area (Å²) in [7, 11) is 6.54. The molecule has 6 heteroatoms. The molecular weight excluding hydrogens is 380 g/mol. The summed E-state index contributed by atoms with van der Waals surface area (Å²) in [6.45, 7) is 0. The van der Waals surface area contributed by atoms with Gasteiger partial charge < -0.3 is 18.9 Å². The van der Waals surface area contributed by atoms with Crippen LogP contribution in [-0.2, 0) is 0 Å². The molecule has 2 aromatic heterocycles. The van der Waals surface area contributed by atoms with Crippen LogP contribution in [0.25, 0.3) is 33.5 Å². The fraction of sp³-hybridized carbons (Fsp3) is 0.167. The summed E-state index contributed by atoms with van der Waals surface area (Å²) < 4.78 is 21.8. The Morgan fingerprint density at radius 1 is 0.533 bits per heavy atom. The molecule has 0 aliphatic heterocycles. The first-order valence-electron chi connectivity index (χ1n) is 9.39. The highest BCUT2D eigenvalue weighted by atomic mass is 16.5. The second-order valence-electron chi connectivity index (χ2n) is 6.57. The van der Waals surface area contributed by atoms with E-state index < -0.39 is 0 Å². The molecule has 0 fully saturated rings. The molecule has 0 atom stereocenters.